The Kier molecular flexibility index (Phi) is 8.73. The molecule has 2 amide bonds. The maximum Gasteiger partial charge on any atom is 0.356 e. The highest BCUT2D eigenvalue weighted by Gasteiger charge is 2.55. The van der Waals surface area contributed by atoms with E-state index in [1.54, 1.807) is 0 Å². The van der Waals surface area contributed by atoms with Gasteiger partial charge in [-0.15, -0.1) is 23.5 Å². The molecule has 6 rings (SSSR count). The third-order valence-corrected chi connectivity index (χ3v) is 11.2. The van der Waals surface area contributed by atoms with Crippen LogP contribution in [0.4, 0.5) is 0 Å². The van der Waals surface area contributed by atoms with Crippen LogP contribution in [-0.4, -0.2) is 56.0 Å². The molecule has 2 fully saturated rings. The van der Waals surface area contributed by atoms with Gasteiger partial charge in [-0.2, -0.15) is 0 Å². The summed E-state index contributed by atoms with van der Waals surface area (Å²) in [6, 6.07) is 27.5. The van der Waals surface area contributed by atoms with E-state index in [1.807, 2.05) is 91.0 Å². The zero-order valence-electron chi connectivity index (χ0n) is 22.5. The van der Waals surface area contributed by atoms with E-state index in [0.717, 1.165) is 22.4 Å². The van der Waals surface area contributed by atoms with E-state index in [9.17, 15) is 19.2 Å². The molecule has 214 valence electrons. The Hall–Kier alpha value is -3.47. The molecule has 1 unspecified atom stereocenters. The average molecular weight is 617 g/mol. The Morgan fingerprint density at radius 3 is 2.14 bits per heavy atom. The van der Waals surface area contributed by atoms with E-state index in [-0.39, 0.29) is 34.3 Å². The quantitative estimate of drug-likeness (QED) is 0.267. The van der Waals surface area contributed by atoms with E-state index in [0.29, 0.717) is 17.1 Å². The van der Waals surface area contributed by atoms with Crippen molar-refractivity contribution in [3.8, 4) is 0 Å². The lowest BCUT2D eigenvalue weighted by Crippen LogP contribution is -2.70. The van der Waals surface area contributed by atoms with Crippen molar-refractivity contribution >= 4 is 58.2 Å². The number of thioether (sulfide) groups is 3. The number of fused-ring (bicyclic) bond motifs is 1. The van der Waals surface area contributed by atoms with Gasteiger partial charge in [0.1, 0.15) is 17.1 Å². The minimum atomic E-state index is -0.747. The van der Waals surface area contributed by atoms with Gasteiger partial charge in [-0.05, 0) is 23.1 Å². The molecule has 42 heavy (non-hydrogen) atoms. The zero-order valence-corrected chi connectivity index (χ0v) is 25.0. The normalized spacial score (nSPS) is 21.6. The third kappa shape index (κ3) is 6.02. The fourth-order valence-electron chi connectivity index (χ4n) is 5.18. The first kappa shape index (κ1) is 28.6. The molecule has 0 aromatic heterocycles. The number of nitrogens with zero attached hydrogens (tertiary/aromatic N) is 1. The molecule has 0 bridgehead atoms. The van der Waals surface area contributed by atoms with E-state index in [4.69, 9.17) is 4.74 Å². The molecule has 10 heteroatoms. The molecule has 0 saturated carbocycles. The highest BCUT2D eigenvalue weighted by Crippen LogP contribution is 2.47. The first-order chi connectivity index (χ1) is 20.5. The number of carbonyl (C=O) groups is 4. The number of esters is 1. The second-order valence-corrected chi connectivity index (χ2v) is 13.6. The topological polar surface area (TPSA) is 92.8 Å². The van der Waals surface area contributed by atoms with Crippen molar-refractivity contribution in [2.45, 2.75) is 35.6 Å². The van der Waals surface area contributed by atoms with Crippen LogP contribution in [0.2, 0.25) is 0 Å². The van der Waals surface area contributed by atoms with Crippen molar-refractivity contribution in [3.05, 3.63) is 118 Å². The summed E-state index contributed by atoms with van der Waals surface area (Å²) in [4.78, 5) is 55.0. The van der Waals surface area contributed by atoms with E-state index in [2.05, 4.69) is 5.32 Å². The lowest BCUT2D eigenvalue weighted by atomic mass is 10.0. The second kappa shape index (κ2) is 12.8. The number of amides is 2. The standard InChI is InChI=1S/C32H28N2O5S3/c35-25(18-20-10-4-1-5-11-20)33-26-29(36)34-27(24(19-41-30(26)34)42-23-16-17-40-32(23)38)31(37)39-28(21-12-6-2-7-13-21)22-14-8-3-9-15-22/h1-15,23,26,28,30H,16-19H2,(H,33,35)/t23?,26-,30-/m1/s1. The summed E-state index contributed by atoms with van der Waals surface area (Å²) in [6.45, 7) is 0. The summed E-state index contributed by atoms with van der Waals surface area (Å²) < 4.78 is 6.19. The Morgan fingerprint density at radius 2 is 1.55 bits per heavy atom. The maximum atomic E-state index is 14.1. The van der Waals surface area contributed by atoms with Crippen LogP contribution in [0.5, 0.6) is 0 Å². The first-order valence-electron chi connectivity index (χ1n) is 13.6. The van der Waals surface area contributed by atoms with Crippen LogP contribution in [0.25, 0.3) is 0 Å². The number of hydrogen-bond donors (Lipinski definition) is 1. The van der Waals surface area contributed by atoms with Gasteiger partial charge < -0.3 is 10.1 Å². The molecule has 3 atom stereocenters. The van der Waals surface area contributed by atoms with Crippen molar-refractivity contribution in [2.24, 2.45) is 0 Å². The SMILES string of the molecule is O=C(Cc1ccccc1)N[C@@H]1C(=O)N2C(C(=O)OC(c3ccccc3)c3ccccc3)=C(SC3CCSC3=O)CS[C@H]12. The van der Waals surface area contributed by atoms with Gasteiger partial charge >= 0.3 is 5.97 Å². The Bertz CT molecular complexity index is 1480. The fourth-order valence-corrected chi connectivity index (χ4v) is 9.18. The lowest BCUT2D eigenvalue weighted by Gasteiger charge is -2.49. The number of β-lactam (4-membered cyclic amide) rings is 1. The maximum absolute atomic E-state index is 14.1. The molecule has 0 spiro atoms. The Morgan fingerprint density at radius 1 is 0.929 bits per heavy atom. The third-order valence-electron chi connectivity index (χ3n) is 7.25. The van der Waals surface area contributed by atoms with Gasteiger partial charge in [0, 0.05) is 16.4 Å². The molecule has 3 aromatic carbocycles. The number of ether oxygens (including phenoxy) is 1. The molecule has 3 heterocycles. The summed E-state index contributed by atoms with van der Waals surface area (Å²) in [5.74, 6) is -0.0657. The summed E-state index contributed by atoms with van der Waals surface area (Å²) in [7, 11) is 0. The molecule has 0 aliphatic carbocycles. The van der Waals surface area contributed by atoms with E-state index in [1.165, 1.54) is 40.2 Å². The van der Waals surface area contributed by atoms with Crippen molar-refractivity contribution < 1.29 is 23.9 Å². The highest BCUT2D eigenvalue weighted by atomic mass is 32.2. The Labute approximate surface area is 256 Å². The number of benzene rings is 3. The van der Waals surface area contributed by atoms with E-state index >= 15 is 0 Å². The molecular weight excluding hydrogens is 589 g/mol. The van der Waals surface area contributed by atoms with Gasteiger partial charge in [0.05, 0.1) is 11.7 Å². The first-order valence-corrected chi connectivity index (χ1v) is 16.6. The lowest BCUT2D eigenvalue weighted by molar-refractivity contribution is -0.154. The zero-order chi connectivity index (χ0) is 29.1. The van der Waals surface area contributed by atoms with E-state index < -0.39 is 23.5 Å². The van der Waals surface area contributed by atoms with Crippen LogP contribution in [0.3, 0.4) is 0 Å². The number of rotatable bonds is 9. The number of nitrogens with one attached hydrogen (secondary N) is 1. The number of carbonyl (C=O) groups excluding carboxylic acids is 4. The average Bonchev–Trinajstić information content (AvgIpc) is 3.43. The molecule has 2 saturated heterocycles. The summed E-state index contributed by atoms with van der Waals surface area (Å²) in [5.41, 5.74) is 2.63. The van der Waals surface area contributed by atoms with Gasteiger partial charge in [0.2, 0.25) is 11.0 Å². The van der Waals surface area contributed by atoms with Crippen LogP contribution < -0.4 is 5.32 Å². The van der Waals surface area contributed by atoms with Gasteiger partial charge in [-0.1, -0.05) is 103 Å². The van der Waals surface area contributed by atoms with Gasteiger partial charge in [0.25, 0.3) is 5.91 Å². The minimum Gasteiger partial charge on any atom is -0.448 e. The Balaban J connectivity index is 1.27. The molecule has 3 aliphatic rings. The fraction of sp³-hybridized carbons (Fsp3) is 0.250. The van der Waals surface area contributed by atoms with Crippen LogP contribution in [0.15, 0.2) is 102 Å². The number of hydrogen-bond acceptors (Lipinski definition) is 8. The van der Waals surface area contributed by atoms with Gasteiger partial charge in [-0.3, -0.25) is 19.3 Å². The molecule has 3 aromatic rings. The molecule has 0 radical (unpaired) electrons. The van der Waals surface area contributed by atoms with Crippen LogP contribution in [-0.2, 0) is 30.3 Å². The second-order valence-electron chi connectivity index (χ2n) is 10.1. The molecule has 7 nitrogen and oxygen atoms in total. The largest absolute Gasteiger partial charge is 0.448 e. The van der Waals surface area contributed by atoms with Gasteiger partial charge in [0.15, 0.2) is 6.10 Å². The van der Waals surface area contributed by atoms with Crippen LogP contribution >= 0.6 is 35.3 Å². The summed E-state index contributed by atoms with van der Waals surface area (Å²) in [5, 5.41) is 2.24. The van der Waals surface area contributed by atoms with Crippen molar-refractivity contribution in [1.82, 2.24) is 10.2 Å². The molecule has 3 aliphatic heterocycles. The van der Waals surface area contributed by atoms with Crippen LogP contribution in [0, 0.1) is 0 Å². The minimum absolute atomic E-state index is 0.0831. The highest BCUT2D eigenvalue weighted by molar-refractivity contribution is 8.17. The van der Waals surface area contributed by atoms with Crippen molar-refractivity contribution in [2.75, 3.05) is 11.5 Å². The smallest absolute Gasteiger partial charge is 0.356 e. The predicted molar refractivity (Wildman–Crippen MR) is 166 cm³/mol. The van der Waals surface area contributed by atoms with Gasteiger partial charge in [-0.25, -0.2) is 4.79 Å². The van der Waals surface area contributed by atoms with Crippen LogP contribution in [0.1, 0.15) is 29.2 Å². The predicted octanol–water partition coefficient (Wildman–Crippen LogP) is 4.94. The summed E-state index contributed by atoms with van der Waals surface area (Å²) in [6.07, 6.45) is 0.176. The monoisotopic (exact) mass is 616 g/mol. The van der Waals surface area contributed by atoms with Crippen molar-refractivity contribution in [1.29, 1.82) is 0 Å². The molecular formula is C32H28N2O5S3. The summed E-state index contributed by atoms with van der Waals surface area (Å²) >= 11 is 4.14. The molecule has 1 N–H and O–H groups in total. The van der Waals surface area contributed by atoms with Crippen molar-refractivity contribution in [3.63, 3.8) is 0 Å².